The predicted octanol–water partition coefficient (Wildman–Crippen LogP) is 1.69. The summed E-state index contributed by atoms with van der Waals surface area (Å²) in [6, 6.07) is 5.16. The lowest BCUT2D eigenvalue weighted by Gasteiger charge is -2.13. The molecule has 5 nitrogen and oxygen atoms in total. The third-order valence-electron chi connectivity index (χ3n) is 3.81. The average Bonchev–Trinajstić information content (AvgIpc) is 2.96. The average molecular weight is 312 g/mol. The topological polar surface area (TPSA) is 81.4 Å². The SMILES string of the molecule is Cc1cc(CN)ccc1S(=O)(=O)NCCOC1CCCC1. The van der Waals surface area contributed by atoms with Crippen LogP contribution in [0.25, 0.3) is 0 Å². The summed E-state index contributed by atoms with van der Waals surface area (Å²) in [7, 11) is -3.48. The molecule has 1 aliphatic rings. The van der Waals surface area contributed by atoms with Gasteiger partial charge in [0.1, 0.15) is 0 Å². The van der Waals surface area contributed by atoms with E-state index in [1.54, 1.807) is 19.1 Å². The first-order valence-electron chi connectivity index (χ1n) is 7.44. The standard InChI is InChI=1S/C15H24N2O3S/c1-12-10-13(11-16)6-7-15(12)21(18,19)17-8-9-20-14-4-2-3-5-14/h6-7,10,14,17H,2-5,8-9,11,16H2,1H3. The van der Waals surface area contributed by atoms with Crippen LogP contribution in [0, 0.1) is 6.92 Å². The smallest absolute Gasteiger partial charge is 0.240 e. The molecule has 118 valence electrons. The predicted molar refractivity (Wildman–Crippen MR) is 82.5 cm³/mol. The number of hydrogen-bond acceptors (Lipinski definition) is 4. The molecule has 0 atom stereocenters. The first-order valence-corrected chi connectivity index (χ1v) is 8.92. The van der Waals surface area contributed by atoms with Crippen LogP contribution < -0.4 is 10.5 Å². The number of nitrogens with one attached hydrogen (secondary N) is 1. The van der Waals surface area contributed by atoms with Gasteiger partial charge in [0.25, 0.3) is 0 Å². The summed E-state index contributed by atoms with van der Waals surface area (Å²) in [5.74, 6) is 0. The second-order valence-electron chi connectivity index (χ2n) is 5.48. The highest BCUT2D eigenvalue weighted by atomic mass is 32.2. The van der Waals surface area contributed by atoms with Crippen molar-refractivity contribution in [1.82, 2.24) is 4.72 Å². The van der Waals surface area contributed by atoms with Crippen LogP contribution in [-0.2, 0) is 21.3 Å². The lowest BCUT2D eigenvalue weighted by Crippen LogP contribution is -2.29. The minimum atomic E-state index is -3.48. The van der Waals surface area contributed by atoms with Gasteiger partial charge in [-0.3, -0.25) is 0 Å². The van der Waals surface area contributed by atoms with Crippen molar-refractivity contribution in [2.24, 2.45) is 5.73 Å². The molecule has 0 heterocycles. The summed E-state index contributed by atoms with van der Waals surface area (Å²) in [4.78, 5) is 0.306. The summed E-state index contributed by atoms with van der Waals surface area (Å²) in [6.07, 6.45) is 4.91. The second-order valence-corrected chi connectivity index (χ2v) is 7.21. The van der Waals surface area contributed by atoms with Crippen LogP contribution in [0.15, 0.2) is 23.1 Å². The van der Waals surface area contributed by atoms with E-state index in [9.17, 15) is 8.42 Å². The van der Waals surface area contributed by atoms with E-state index in [1.807, 2.05) is 6.07 Å². The zero-order valence-electron chi connectivity index (χ0n) is 12.5. The van der Waals surface area contributed by atoms with Gasteiger partial charge in [0, 0.05) is 13.1 Å². The summed E-state index contributed by atoms with van der Waals surface area (Å²) in [5, 5.41) is 0. The van der Waals surface area contributed by atoms with Crippen molar-refractivity contribution in [3.8, 4) is 0 Å². The zero-order chi connectivity index (χ0) is 15.3. The van der Waals surface area contributed by atoms with Crippen molar-refractivity contribution in [3.63, 3.8) is 0 Å². The molecule has 0 saturated heterocycles. The number of aryl methyl sites for hydroxylation is 1. The van der Waals surface area contributed by atoms with Gasteiger partial charge in [-0.05, 0) is 37.0 Å². The van der Waals surface area contributed by atoms with Gasteiger partial charge in [-0.2, -0.15) is 0 Å². The molecule has 3 N–H and O–H groups in total. The molecule has 0 bridgehead atoms. The molecule has 0 unspecified atom stereocenters. The van der Waals surface area contributed by atoms with Gasteiger partial charge in [0.05, 0.1) is 17.6 Å². The largest absolute Gasteiger partial charge is 0.377 e. The van der Waals surface area contributed by atoms with Crippen LogP contribution in [-0.4, -0.2) is 27.7 Å². The molecular formula is C15H24N2O3S. The number of sulfonamides is 1. The van der Waals surface area contributed by atoms with Gasteiger partial charge in [0.2, 0.25) is 10.0 Å². The molecule has 1 aliphatic carbocycles. The van der Waals surface area contributed by atoms with Gasteiger partial charge in [-0.25, -0.2) is 13.1 Å². The van der Waals surface area contributed by atoms with Crippen LogP contribution >= 0.6 is 0 Å². The van der Waals surface area contributed by atoms with Crippen molar-refractivity contribution < 1.29 is 13.2 Å². The van der Waals surface area contributed by atoms with Gasteiger partial charge in [0.15, 0.2) is 0 Å². The maximum Gasteiger partial charge on any atom is 0.240 e. The highest BCUT2D eigenvalue weighted by molar-refractivity contribution is 7.89. The zero-order valence-corrected chi connectivity index (χ0v) is 13.3. The first-order chi connectivity index (χ1) is 10.0. The van der Waals surface area contributed by atoms with E-state index in [0.29, 0.717) is 36.3 Å². The van der Waals surface area contributed by atoms with Crippen LogP contribution in [0.4, 0.5) is 0 Å². The Morgan fingerprint density at radius 3 is 2.67 bits per heavy atom. The van der Waals surface area contributed by atoms with Crippen molar-refractivity contribution in [2.45, 2.75) is 50.2 Å². The van der Waals surface area contributed by atoms with E-state index < -0.39 is 10.0 Å². The molecule has 1 fully saturated rings. The van der Waals surface area contributed by atoms with E-state index in [2.05, 4.69) is 4.72 Å². The number of rotatable bonds is 7. The van der Waals surface area contributed by atoms with Crippen LogP contribution in [0.5, 0.6) is 0 Å². The van der Waals surface area contributed by atoms with Gasteiger partial charge in [-0.1, -0.05) is 25.0 Å². The molecule has 0 spiro atoms. The Morgan fingerprint density at radius 1 is 1.33 bits per heavy atom. The Labute approximate surface area is 126 Å². The van der Waals surface area contributed by atoms with Crippen LogP contribution in [0.3, 0.4) is 0 Å². The fourth-order valence-electron chi connectivity index (χ4n) is 2.67. The van der Waals surface area contributed by atoms with Crippen molar-refractivity contribution in [2.75, 3.05) is 13.2 Å². The third-order valence-corrected chi connectivity index (χ3v) is 5.44. The summed E-state index contributed by atoms with van der Waals surface area (Å²) < 4.78 is 32.8. The van der Waals surface area contributed by atoms with Gasteiger partial charge in [-0.15, -0.1) is 0 Å². The monoisotopic (exact) mass is 312 g/mol. The second kappa shape index (κ2) is 7.35. The molecule has 0 aromatic heterocycles. The molecular weight excluding hydrogens is 288 g/mol. The molecule has 6 heteroatoms. The Morgan fingerprint density at radius 2 is 2.05 bits per heavy atom. The molecule has 2 rings (SSSR count). The van der Waals surface area contributed by atoms with Crippen molar-refractivity contribution >= 4 is 10.0 Å². The summed E-state index contributed by atoms with van der Waals surface area (Å²) in [5.41, 5.74) is 7.19. The van der Waals surface area contributed by atoms with E-state index >= 15 is 0 Å². The van der Waals surface area contributed by atoms with E-state index in [1.165, 1.54) is 12.8 Å². The van der Waals surface area contributed by atoms with E-state index in [4.69, 9.17) is 10.5 Å². The Kier molecular flexibility index (Phi) is 5.75. The highest BCUT2D eigenvalue weighted by Crippen LogP contribution is 2.20. The van der Waals surface area contributed by atoms with Crippen LogP contribution in [0.1, 0.15) is 36.8 Å². The fourth-order valence-corrected chi connectivity index (χ4v) is 3.91. The van der Waals surface area contributed by atoms with Gasteiger partial charge >= 0.3 is 0 Å². The first kappa shape index (κ1) is 16.4. The lowest BCUT2D eigenvalue weighted by atomic mass is 10.1. The molecule has 0 aliphatic heterocycles. The quantitative estimate of drug-likeness (QED) is 0.751. The molecule has 1 aromatic rings. The molecule has 1 aromatic carbocycles. The normalized spacial score (nSPS) is 16.5. The summed E-state index contributed by atoms with van der Waals surface area (Å²) in [6.45, 7) is 2.91. The van der Waals surface area contributed by atoms with Gasteiger partial charge < -0.3 is 10.5 Å². The number of nitrogens with two attached hydrogens (primary N) is 1. The number of benzene rings is 1. The summed E-state index contributed by atoms with van der Waals surface area (Å²) >= 11 is 0. The minimum Gasteiger partial charge on any atom is -0.377 e. The molecule has 1 saturated carbocycles. The Balaban J connectivity index is 1.88. The number of ether oxygens (including phenoxy) is 1. The van der Waals surface area contributed by atoms with Crippen molar-refractivity contribution in [3.05, 3.63) is 29.3 Å². The van der Waals surface area contributed by atoms with Crippen LogP contribution in [0.2, 0.25) is 0 Å². The lowest BCUT2D eigenvalue weighted by molar-refractivity contribution is 0.0626. The van der Waals surface area contributed by atoms with E-state index in [-0.39, 0.29) is 0 Å². The highest BCUT2D eigenvalue weighted by Gasteiger charge is 2.18. The fraction of sp³-hybridized carbons (Fsp3) is 0.600. The van der Waals surface area contributed by atoms with E-state index in [0.717, 1.165) is 18.4 Å². The number of hydrogen-bond donors (Lipinski definition) is 2. The maximum atomic E-state index is 12.3. The molecule has 0 amide bonds. The molecule has 0 radical (unpaired) electrons. The third kappa shape index (κ3) is 4.51. The molecule has 21 heavy (non-hydrogen) atoms. The Bertz CT molecular complexity index is 566. The minimum absolute atomic E-state index is 0.302. The maximum absolute atomic E-state index is 12.3. The van der Waals surface area contributed by atoms with Crippen molar-refractivity contribution in [1.29, 1.82) is 0 Å². The Hall–Kier alpha value is -0.950.